The van der Waals surface area contributed by atoms with Crippen LogP contribution in [0.3, 0.4) is 0 Å². The Morgan fingerprint density at radius 1 is 0.902 bits per heavy atom. The third kappa shape index (κ3) is 8.16. The number of carbonyl (C=O) groups excluding carboxylic acids is 2. The second-order valence-corrected chi connectivity index (χ2v) is 13.1. The number of amides is 2. The van der Waals surface area contributed by atoms with Gasteiger partial charge in [0.05, 0.1) is 10.6 Å². The van der Waals surface area contributed by atoms with E-state index in [1.807, 2.05) is 13.8 Å². The fourth-order valence-electron chi connectivity index (χ4n) is 4.18. The van der Waals surface area contributed by atoms with Gasteiger partial charge in [-0.15, -0.1) is 0 Å². The van der Waals surface area contributed by atoms with E-state index in [1.165, 1.54) is 23.1 Å². The minimum Gasteiger partial charge on any atom is -0.354 e. The maximum absolute atomic E-state index is 14.1. The van der Waals surface area contributed by atoms with Crippen molar-refractivity contribution in [3.63, 3.8) is 0 Å². The predicted molar refractivity (Wildman–Crippen MR) is 166 cm³/mol. The number of nitrogens with zero attached hydrogens (tertiary/aromatic N) is 2. The van der Waals surface area contributed by atoms with Crippen molar-refractivity contribution in [2.45, 2.75) is 51.6 Å². The molecule has 0 bridgehead atoms. The minimum absolute atomic E-state index is 0.00640. The first kappa shape index (κ1) is 32.7. The molecule has 2 amide bonds. The maximum Gasteiger partial charge on any atom is 0.264 e. The Kier molecular flexibility index (Phi) is 11.5. The molecule has 1 N–H and O–H groups in total. The minimum atomic E-state index is -4.20. The average Bonchev–Trinajstić information content (AvgIpc) is 2.93. The SMILES string of the molecule is CC[C@H](C(=O)NCC(C)C)N(Cc1c(Cl)cccc1Cl)C(=O)CN(c1ccc(C)c(Cl)c1)S(=O)(=O)c1ccccc1. The summed E-state index contributed by atoms with van der Waals surface area (Å²) in [6.45, 7) is 7.24. The van der Waals surface area contributed by atoms with Crippen LogP contribution in [0.1, 0.15) is 38.3 Å². The molecule has 0 aliphatic rings. The molecule has 3 aromatic rings. The first-order chi connectivity index (χ1) is 19.4. The summed E-state index contributed by atoms with van der Waals surface area (Å²) in [7, 11) is -4.20. The summed E-state index contributed by atoms with van der Waals surface area (Å²) in [6, 6.07) is 16.7. The van der Waals surface area contributed by atoms with Gasteiger partial charge in [0.1, 0.15) is 12.6 Å². The third-order valence-corrected chi connectivity index (χ3v) is 9.42. The molecule has 0 unspecified atom stereocenters. The summed E-state index contributed by atoms with van der Waals surface area (Å²) in [6.07, 6.45) is 0.277. The van der Waals surface area contributed by atoms with Gasteiger partial charge >= 0.3 is 0 Å². The average molecular weight is 639 g/mol. The number of benzene rings is 3. The van der Waals surface area contributed by atoms with Gasteiger partial charge in [0.15, 0.2) is 0 Å². The number of hydrogen-bond acceptors (Lipinski definition) is 4. The quantitative estimate of drug-likeness (QED) is 0.238. The summed E-state index contributed by atoms with van der Waals surface area (Å²) < 4.78 is 28.8. The van der Waals surface area contributed by atoms with E-state index in [9.17, 15) is 18.0 Å². The van der Waals surface area contributed by atoms with Crippen LogP contribution in [0, 0.1) is 12.8 Å². The second-order valence-electron chi connectivity index (χ2n) is 10.0. The van der Waals surface area contributed by atoms with Gasteiger partial charge in [-0.2, -0.15) is 0 Å². The highest BCUT2D eigenvalue weighted by atomic mass is 35.5. The summed E-state index contributed by atoms with van der Waals surface area (Å²) in [4.78, 5) is 28.8. The molecule has 3 rings (SSSR count). The van der Waals surface area contributed by atoms with Crippen LogP contribution in [0.2, 0.25) is 15.1 Å². The van der Waals surface area contributed by atoms with E-state index in [2.05, 4.69) is 5.32 Å². The van der Waals surface area contributed by atoms with Gasteiger partial charge in [0.2, 0.25) is 11.8 Å². The molecule has 0 aliphatic carbocycles. The Bertz CT molecular complexity index is 1460. The normalized spacial score (nSPS) is 12.2. The van der Waals surface area contributed by atoms with Gasteiger partial charge in [-0.3, -0.25) is 13.9 Å². The molecule has 3 aromatic carbocycles. The molecule has 11 heteroatoms. The van der Waals surface area contributed by atoms with Gasteiger partial charge in [-0.05, 0) is 61.2 Å². The number of hydrogen-bond donors (Lipinski definition) is 1. The third-order valence-electron chi connectivity index (χ3n) is 6.51. The van der Waals surface area contributed by atoms with Crippen molar-refractivity contribution in [1.29, 1.82) is 0 Å². The van der Waals surface area contributed by atoms with Crippen LogP contribution in [0.5, 0.6) is 0 Å². The molecule has 0 saturated carbocycles. The van der Waals surface area contributed by atoms with Crippen molar-refractivity contribution >= 4 is 62.3 Å². The van der Waals surface area contributed by atoms with Crippen molar-refractivity contribution in [3.05, 3.63) is 92.9 Å². The van der Waals surface area contributed by atoms with Crippen molar-refractivity contribution < 1.29 is 18.0 Å². The van der Waals surface area contributed by atoms with Gasteiger partial charge in [0.25, 0.3) is 10.0 Å². The Morgan fingerprint density at radius 3 is 2.10 bits per heavy atom. The van der Waals surface area contributed by atoms with Gasteiger partial charge < -0.3 is 10.2 Å². The van der Waals surface area contributed by atoms with Crippen LogP contribution in [0.4, 0.5) is 5.69 Å². The monoisotopic (exact) mass is 637 g/mol. The predicted octanol–water partition coefficient (Wildman–Crippen LogP) is 6.73. The molecule has 0 fully saturated rings. The number of halogens is 3. The van der Waals surface area contributed by atoms with E-state index in [-0.39, 0.29) is 35.4 Å². The first-order valence-corrected chi connectivity index (χ1v) is 15.8. The molecule has 1 atom stereocenters. The molecular weight excluding hydrogens is 605 g/mol. The largest absolute Gasteiger partial charge is 0.354 e. The molecule has 220 valence electrons. The smallest absolute Gasteiger partial charge is 0.264 e. The fourth-order valence-corrected chi connectivity index (χ4v) is 6.30. The maximum atomic E-state index is 14.1. The summed E-state index contributed by atoms with van der Waals surface area (Å²) >= 11 is 19.3. The van der Waals surface area contributed by atoms with E-state index < -0.39 is 28.5 Å². The van der Waals surface area contributed by atoms with Crippen molar-refractivity contribution in [2.24, 2.45) is 5.92 Å². The van der Waals surface area contributed by atoms with Crippen LogP contribution in [0.15, 0.2) is 71.6 Å². The molecule has 0 heterocycles. The number of anilines is 1. The lowest BCUT2D eigenvalue weighted by atomic mass is 10.1. The van der Waals surface area contributed by atoms with E-state index in [1.54, 1.807) is 62.4 Å². The zero-order chi connectivity index (χ0) is 30.3. The molecule has 41 heavy (non-hydrogen) atoms. The number of rotatable bonds is 12. The lowest BCUT2D eigenvalue weighted by Gasteiger charge is -2.33. The second kappa shape index (κ2) is 14.4. The van der Waals surface area contributed by atoms with E-state index >= 15 is 0 Å². The van der Waals surface area contributed by atoms with Gasteiger partial charge in [-0.25, -0.2) is 8.42 Å². The summed E-state index contributed by atoms with van der Waals surface area (Å²) in [5, 5.41) is 3.89. The van der Waals surface area contributed by atoms with E-state index in [0.717, 1.165) is 9.87 Å². The van der Waals surface area contributed by atoms with Crippen LogP contribution >= 0.6 is 34.8 Å². The van der Waals surface area contributed by atoms with Crippen LogP contribution in [0.25, 0.3) is 0 Å². The van der Waals surface area contributed by atoms with Crippen LogP contribution in [-0.2, 0) is 26.2 Å². The Labute approximate surface area is 257 Å². The number of sulfonamides is 1. The highest BCUT2D eigenvalue weighted by Gasteiger charge is 2.34. The van der Waals surface area contributed by atoms with Crippen molar-refractivity contribution in [2.75, 3.05) is 17.4 Å². The topological polar surface area (TPSA) is 86.8 Å². The molecular formula is C30H34Cl3N3O4S. The molecule has 7 nitrogen and oxygen atoms in total. The standard InChI is InChI=1S/C30H34Cl3N3O4S/c1-5-28(30(38)34-17-20(2)3)35(18-24-25(31)12-9-13-26(24)32)29(37)19-36(22-15-14-21(4)27(33)16-22)41(39,40)23-10-7-6-8-11-23/h6-16,20,28H,5,17-19H2,1-4H3,(H,34,38)/t28-/m1/s1. The number of carbonyl (C=O) groups is 2. The summed E-state index contributed by atoms with van der Waals surface area (Å²) in [5.74, 6) is -0.770. The van der Waals surface area contributed by atoms with Crippen molar-refractivity contribution in [3.8, 4) is 0 Å². The van der Waals surface area contributed by atoms with Crippen molar-refractivity contribution in [1.82, 2.24) is 10.2 Å². The highest BCUT2D eigenvalue weighted by molar-refractivity contribution is 7.92. The van der Waals surface area contributed by atoms with Crippen LogP contribution < -0.4 is 9.62 Å². The van der Waals surface area contributed by atoms with Gasteiger partial charge in [0, 0.05) is 33.7 Å². The lowest BCUT2D eigenvalue weighted by molar-refractivity contribution is -0.140. The number of nitrogens with one attached hydrogen (secondary N) is 1. The van der Waals surface area contributed by atoms with E-state index in [4.69, 9.17) is 34.8 Å². The highest BCUT2D eigenvalue weighted by Crippen LogP contribution is 2.30. The van der Waals surface area contributed by atoms with E-state index in [0.29, 0.717) is 27.2 Å². The molecule has 0 saturated heterocycles. The fraction of sp³-hybridized carbons (Fsp3) is 0.333. The Hall–Kier alpha value is -2.78. The Balaban J connectivity index is 2.10. The number of aryl methyl sites for hydroxylation is 1. The zero-order valence-corrected chi connectivity index (χ0v) is 26.5. The molecule has 0 aromatic heterocycles. The Morgan fingerprint density at radius 2 is 1.54 bits per heavy atom. The first-order valence-electron chi connectivity index (χ1n) is 13.2. The molecule has 0 spiro atoms. The summed E-state index contributed by atoms with van der Waals surface area (Å²) in [5.41, 5.74) is 1.42. The zero-order valence-electron chi connectivity index (χ0n) is 23.4. The lowest BCUT2D eigenvalue weighted by Crippen LogP contribution is -2.52. The molecule has 0 aliphatic heterocycles. The van der Waals surface area contributed by atoms with Crippen LogP contribution in [-0.4, -0.2) is 44.3 Å². The molecule has 0 radical (unpaired) electrons. The van der Waals surface area contributed by atoms with Gasteiger partial charge in [-0.1, -0.05) is 85.9 Å².